The van der Waals surface area contributed by atoms with E-state index in [9.17, 15) is 8.42 Å². The molecule has 116 valence electrons. The molecule has 0 aliphatic carbocycles. The lowest BCUT2D eigenvalue weighted by atomic mass is 10.1. The topological polar surface area (TPSA) is 40.4 Å². The van der Waals surface area contributed by atoms with Gasteiger partial charge in [0.2, 0.25) is 10.0 Å². The van der Waals surface area contributed by atoms with E-state index in [4.69, 9.17) is 0 Å². The van der Waals surface area contributed by atoms with Crippen molar-refractivity contribution < 1.29 is 13.0 Å². The monoisotopic (exact) mass is 309 g/mol. The highest BCUT2D eigenvalue weighted by molar-refractivity contribution is 7.89. The van der Waals surface area contributed by atoms with Gasteiger partial charge in [-0.1, -0.05) is 0 Å². The summed E-state index contributed by atoms with van der Waals surface area (Å²) in [4.78, 5) is 0.389. The Balaban J connectivity index is 2.23. The fourth-order valence-electron chi connectivity index (χ4n) is 2.22. The molecule has 0 aromatic heterocycles. The van der Waals surface area contributed by atoms with Crippen molar-refractivity contribution in [2.24, 2.45) is 0 Å². The first-order chi connectivity index (χ1) is 9.71. The predicted octanol–water partition coefficient (Wildman–Crippen LogP) is 2.33. The molecule has 2 rings (SSSR count). The van der Waals surface area contributed by atoms with Crippen molar-refractivity contribution >= 4 is 16.2 Å². The molecule has 4 nitrogen and oxygen atoms in total. The molecule has 0 atom stereocenters. The molecule has 1 aliphatic heterocycles. The van der Waals surface area contributed by atoms with Gasteiger partial charge in [0.05, 0.1) is 4.90 Å². The van der Waals surface area contributed by atoms with Crippen molar-refractivity contribution in [3.63, 3.8) is 0 Å². The van der Waals surface area contributed by atoms with Crippen molar-refractivity contribution in [1.82, 2.24) is 4.31 Å². The fourth-order valence-corrected chi connectivity index (χ4v) is 3.74. The molecule has 0 bridgehead atoms. The van der Waals surface area contributed by atoms with Crippen LogP contribution >= 0.6 is 0 Å². The summed E-state index contributed by atoms with van der Waals surface area (Å²) < 4.78 is 28.6. The smallest absolute Gasteiger partial charge is 0.234 e. The normalized spacial score (nSPS) is 18.2. The van der Waals surface area contributed by atoms with Crippen LogP contribution in [-0.2, 0) is 10.0 Å². The van der Waals surface area contributed by atoms with Crippen LogP contribution in [0.5, 0.6) is 0 Å². The van der Waals surface area contributed by atoms with Gasteiger partial charge in [0.25, 0.3) is 0 Å². The lowest BCUT2D eigenvalue weighted by Crippen LogP contribution is -2.30. The number of sulfonamides is 1. The van der Waals surface area contributed by atoms with Crippen LogP contribution < -0.4 is 0 Å². The third-order valence-electron chi connectivity index (χ3n) is 3.98. The summed E-state index contributed by atoms with van der Waals surface area (Å²) in [7, 11) is -1.28. The van der Waals surface area contributed by atoms with Crippen molar-refractivity contribution in [1.29, 1.82) is 0 Å². The molecule has 1 saturated heterocycles. The first-order valence-corrected chi connectivity index (χ1v) is 8.83. The summed E-state index contributed by atoms with van der Waals surface area (Å²) in [6.45, 7) is 7.69. The SMILES string of the molecule is C[N+](=Cc1ccc(S(=O)(=O)N2CCCC2)cc1)C(C)(C)C. The van der Waals surface area contributed by atoms with Gasteiger partial charge in [-0.3, -0.25) is 0 Å². The number of hydrogen-bond donors (Lipinski definition) is 0. The summed E-state index contributed by atoms with van der Waals surface area (Å²) in [6.07, 6.45) is 3.95. The molecule has 0 unspecified atom stereocenters. The van der Waals surface area contributed by atoms with Gasteiger partial charge in [-0.2, -0.15) is 4.31 Å². The van der Waals surface area contributed by atoms with E-state index in [0.29, 0.717) is 18.0 Å². The highest BCUT2D eigenvalue weighted by Crippen LogP contribution is 2.20. The second-order valence-electron chi connectivity index (χ2n) is 6.59. The molecule has 1 aliphatic rings. The molecule has 1 aromatic carbocycles. The molecular weight excluding hydrogens is 284 g/mol. The zero-order valence-electron chi connectivity index (χ0n) is 13.3. The first-order valence-electron chi connectivity index (χ1n) is 7.39. The van der Waals surface area contributed by atoms with E-state index in [-0.39, 0.29) is 5.54 Å². The van der Waals surface area contributed by atoms with Crippen molar-refractivity contribution in [3.8, 4) is 0 Å². The Morgan fingerprint density at radius 2 is 1.62 bits per heavy atom. The second-order valence-corrected chi connectivity index (χ2v) is 8.53. The van der Waals surface area contributed by atoms with Gasteiger partial charge in [0.15, 0.2) is 11.8 Å². The Bertz CT molecular complexity index is 619. The first kappa shape index (κ1) is 16.2. The van der Waals surface area contributed by atoms with Crippen LogP contribution in [0.25, 0.3) is 0 Å². The highest BCUT2D eigenvalue weighted by Gasteiger charge is 2.27. The largest absolute Gasteiger partial charge is 0.243 e. The maximum atomic E-state index is 12.4. The molecule has 1 fully saturated rings. The zero-order valence-corrected chi connectivity index (χ0v) is 14.2. The van der Waals surface area contributed by atoms with Gasteiger partial charge in [-0.25, -0.2) is 13.0 Å². The average Bonchev–Trinajstić information content (AvgIpc) is 2.92. The quantitative estimate of drug-likeness (QED) is 0.635. The molecule has 0 radical (unpaired) electrons. The second kappa shape index (κ2) is 5.89. The zero-order chi connectivity index (χ0) is 15.7. The number of rotatable bonds is 3. The van der Waals surface area contributed by atoms with E-state index in [1.165, 1.54) is 0 Å². The van der Waals surface area contributed by atoms with Crippen LogP contribution in [0.4, 0.5) is 0 Å². The van der Waals surface area contributed by atoms with E-state index >= 15 is 0 Å². The third-order valence-corrected chi connectivity index (χ3v) is 5.90. The van der Waals surface area contributed by atoms with Gasteiger partial charge in [-0.05, 0) is 57.9 Å². The molecular formula is C16H25N2O2S+. The van der Waals surface area contributed by atoms with E-state index in [1.54, 1.807) is 16.4 Å². The summed E-state index contributed by atoms with van der Waals surface area (Å²) >= 11 is 0. The molecule has 1 aromatic rings. The summed E-state index contributed by atoms with van der Waals surface area (Å²) in [5.74, 6) is 0. The molecule has 21 heavy (non-hydrogen) atoms. The molecule has 5 heteroatoms. The van der Waals surface area contributed by atoms with E-state index < -0.39 is 10.0 Å². The van der Waals surface area contributed by atoms with Gasteiger partial charge < -0.3 is 0 Å². The molecule has 0 N–H and O–H groups in total. The van der Waals surface area contributed by atoms with Crippen LogP contribution in [-0.4, -0.2) is 49.2 Å². The van der Waals surface area contributed by atoms with Gasteiger partial charge in [0, 0.05) is 18.7 Å². The van der Waals surface area contributed by atoms with Crippen LogP contribution in [0.2, 0.25) is 0 Å². The van der Waals surface area contributed by atoms with Crippen molar-refractivity contribution in [2.75, 3.05) is 20.1 Å². The number of hydrogen-bond acceptors (Lipinski definition) is 2. The minimum atomic E-state index is -3.31. The Morgan fingerprint density at radius 1 is 1.10 bits per heavy atom. The average molecular weight is 309 g/mol. The van der Waals surface area contributed by atoms with E-state index in [2.05, 4.69) is 25.3 Å². The Hall–Kier alpha value is -1.20. The standard InChI is InChI=1S/C16H25N2O2S/c1-16(2,3)17(4)13-14-7-9-15(10-8-14)21(19,20)18-11-5-6-12-18/h7-10,13H,5-6,11-12H2,1-4H3/q+1. The molecule has 1 heterocycles. The number of benzene rings is 1. The number of nitrogens with zero attached hydrogens (tertiary/aromatic N) is 2. The van der Waals surface area contributed by atoms with Crippen LogP contribution in [0, 0.1) is 0 Å². The minimum absolute atomic E-state index is 0.0420. The summed E-state index contributed by atoms with van der Waals surface area (Å²) in [5, 5.41) is 0. The summed E-state index contributed by atoms with van der Waals surface area (Å²) in [5.41, 5.74) is 1.05. The van der Waals surface area contributed by atoms with Crippen molar-refractivity contribution in [3.05, 3.63) is 29.8 Å². The fraction of sp³-hybridized carbons (Fsp3) is 0.562. The van der Waals surface area contributed by atoms with Gasteiger partial charge in [0.1, 0.15) is 7.05 Å². The molecule has 0 amide bonds. The van der Waals surface area contributed by atoms with E-state index in [0.717, 1.165) is 18.4 Å². The van der Waals surface area contributed by atoms with Crippen LogP contribution in [0.3, 0.4) is 0 Å². The van der Waals surface area contributed by atoms with Crippen molar-refractivity contribution in [2.45, 2.75) is 44.0 Å². The van der Waals surface area contributed by atoms with Gasteiger partial charge >= 0.3 is 0 Å². The van der Waals surface area contributed by atoms with Gasteiger partial charge in [-0.15, -0.1) is 0 Å². The van der Waals surface area contributed by atoms with E-state index in [1.807, 2.05) is 25.4 Å². The third kappa shape index (κ3) is 3.71. The highest BCUT2D eigenvalue weighted by atomic mass is 32.2. The predicted molar refractivity (Wildman–Crippen MR) is 85.5 cm³/mol. The van der Waals surface area contributed by atoms with Crippen LogP contribution in [0.15, 0.2) is 29.2 Å². The summed E-state index contributed by atoms with van der Waals surface area (Å²) in [6, 6.07) is 7.14. The van der Waals surface area contributed by atoms with Crippen LogP contribution in [0.1, 0.15) is 39.2 Å². The lowest BCUT2D eigenvalue weighted by molar-refractivity contribution is -0.565. The Kier molecular flexibility index (Phi) is 4.54. The minimum Gasteiger partial charge on any atom is -0.234 e. The Labute approximate surface area is 128 Å². The molecule has 0 saturated carbocycles. The molecule has 0 spiro atoms. The maximum absolute atomic E-state index is 12.4. The lowest BCUT2D eigenvalue weighted by Gasteiger charge is -2.16. The Morgan fingerprint density at radius 3 is 2.10 bits per heavy atom. The maximum Gasteiger partial charge on any atom is 0.243 e.